The van der Waals surface area contributed by atoms with E-state index in [1.807, 2.05) is 49.2 Å². The first-order valence-corrected chi connectivity index (χ1v) is 8.10. The van der Waals surface area contributed by atoms with Crippen LogP contribution in [0.4, 0.5) is 13.2 Å². The van der Waals surface area contributed by atoms with Gasteiger partial charge in [0, 0.05) is 26.7 Å². The average molecular weight is 472 g/mol. The van der Waals surface area contributed by atoms with Crippen LogP contribution in [0.5, 0.6) is 0 Å². The molecular formula is C17H28F3IN4. The molecule has 0 amide bonds. The highest BCUT2D eigenvalue weighted by atomic mass is 127. The van der Waals surface area contributed by atoms with E-state index in [-0.39, 0.29) is 24.0 Å². The van der Waals surface area contributed by atoms with Crippen molar-refractivity contribution in [2.45, 2.75) is 26.1 Å². The van der Waals surface area contributed by atoms with E-state index in [9.17, 15) is 13.2 Å². The lowest BCUT2D eigenvalue weighted by Crippen LogP contribution is -2.38. The Bertz CT molecular complexity index is 494. The second kappa shape index (κ2) is 12.3. The summed E-state index contributed by atoms with van der Waals surface area (Å²) in [5.74, 6) is 0.764. The second-order valence-electron chi connectivity index (χ2n) is 5.78. The molecular weight excluding hydrogens is 444 g/mol. The average Bonchev–Trinajstić information content (AvgIpc) is 2.49. The number of guanidine groups is 1. The molecule has 0 saturated heterocycles. The van der Waals surface area contributed by atoms with Crippen LogP contribution in [-0.4, -0.2) is 62.2 Å². The summed E-state index contributed by atoms with van der Waals surface area (Å²) < 4.78 is 36.8. The molecule has 1 aromatic rings. The van der Waals surface area contributed by atoms with Crippen molar-refractivity contribution in [3.05, 3.63) is 35.9 Å². The van der Waals surface area contributed by atoms with Crippen LogP contribution in [0.15, 0.2) is 35.3 Å². The van der Waals surface area contributed by atoms with Gasteiger partial charge in [-0.1, -0.05) is 30.3 Å². The van der Waals surface area contributed by atoms with Crippen LogP contribution in [0.1, 0.15) is 18.9 Å². The number of benzene rings is 1. The number of hydrogen-bond donors (Lipinski definition) is 1. The van der Waals surface area contributed by atoms with E-state index in [4.69, 9.17) is 0 Å². The lowest BCUT2D eigenvalue weighted by Gasteiger charge is -2.22. The van der Waals surface area contributed by atoms with Crippen LogP contribution in [0, 0.1) is 0 Å². The summed E-state index contributed by atoms with van der Waals surface area (Å²) in [7, 11) is 3.42. The van der Waals surface area contributed by atoms with Crippen LogP contribution in [0.25, 0.3) is 0 Å². The highest BCUT2D eigenvalue weighted by Gasteiger charge is 2.28. The largest absolute Gasteiger partial charge is 0.401 e. The molecule has 1 aromatic carbocycles. The molecule has 0 unspecified atom stereocenters. The van der Waals surface area contributed by atoms with Gasteiger partial charge in [-0.05, 0) is 32.5 Å². The zero-order chi connectivity index (χ0) is 18.0. The highest BCUT2D eigenvalue weighted by molar-refractivity contribution is 14.0. The van der Waals surface area contributed by atoms with E-state index in [0.29, 0.717) is 19.5 Å². The van der Waals surface area contributed by atoms with E-state index in [0.717, 1.165) is 19.0 Å². The van der Waals surface area contributed by atoms with E-state index < -0.39 is 12.7 Å². The van der Waals surface area contributed by atoms with Crippen molar-refractivity contribution in [1.82, 2.24) is 15.1 Å². The fraction of sp³-hybridized carbons (Fsp3) is 0.588. The van der Waals surface area contributed by atoms with Crippen LogP contribution in [-0.2, 0) is 6.54 Å². The van der Waals surface area contributed by atoms with Gasteiger partial charge in [-0.25, -0.2) is 0 Å². The Morgan fingerprint density at radius 3 is 2.36 bits per heavy atom. The van der Waals surface area contributed by atoms with Gasteiger partial charge in [0.15, 0.2) is 5.96 Å². The third kappa shape index (κ3) is 11.2. The van der Waals surface area contributed by atoms with Crippen LogP contribution < -0.4 is 5.32 Å². The van der Waals surface area contributed by atoms with Crippen LogP contribution >= 0.6 is 24.0 Å². The number of halogens is 4. The number of aliphatic imine (C=N–C) groups is 1. The van der Waals surface area contributed by atoms with Gasteiger partial charge in [0.25, 0.3) is 0 Å². The van der Waals surface area contributed by atoms with E-state index >= 15 is 0 Å². The molecule has 8 heteroatoms. The molecule has 0 aliphatic heterocycles. The van der Waals surface area contributed by atoms with E-state index in [1.54, 1.807) is 0 Å². The molecule has 0 saturated carbocycles. The standard InChI is InChI=1S/C17H27F3N4.HI/c1-4-21-16(24(3)13-15-9-6-5-7-10-15)22-11-8-12-23(2)14-17(18,19)20;/h5-7,9-10H,4,8,11-14H2,1-3H3,(H,21,22);1H. The maximum atomic E-state index is 12.3. The van der Waals surface area contributed by atoms with Gasteiger partial charge in [0.2, 0.25) is 0 Å². The van der Waals surface area contributed by atoms with Crippen molar-refractivity contribution in [2.24, 2.45) is 4.99 Å². The summed E-state index contributed by atoms with van der Waals surface area (Å²) in [5.41, 5.74) is 1.18. The lowest BCUT2D eigenvalue weighted by molar-refractivity contribution is -0.143. The zero-order valence-corrected chi connectivity index (χ0v) is 17.3. The van der Waals surface area contributed by atoms with Crippen LogP contribution in [0.2, 0.25) is 0 Å². The minimum Gasteiger partial charge on any atom is -0.357 e. The molecule has 25 heavy (non-hydrogen) atoms. The Morgan fingerprint density at radius 2 is 1.80 bits per heavy atom. The zero-order valence-electron chi connectivity index (χ0n) is 15.0. The molecule has 144 valence electrons. The summed E-state index contributed by atoms with van der Waals surface area (Å²) >= 11 is 0. The molecule has 0 aromatic heterocycles. The predicted molar refractivity (Wildman–Crippen MR) is 107 cm³/mol. The molecule has 0 aliphatic carbocycles. The van der Waals surface area contributed by atoms with Crippen molar-refractivity contribution < 1.29 is 13.2 Å². The molecule has 0 bridgehead atoms. The lowest BCUT2D eigenvalue weighted by atomic mass is 10.2. The third-order valence-corrected chi connectivity index (χ3v) is 3.37. The molecule has 0 fully saturated rings. The molecule has 0 aliphatic rings. The van der Waals surface area contributed by atoms with Crippen molar-refractivity contribution >= 4 is 29.9 Å². The van der Waals surface area contributed by atoms with Gasteiger partial charge in [-0.3, -0.25) is 9.89 Å². The maximum Gasteiger partial charge on any atom is 0.401 e. The van der Waals surface area contributed by atoms with Gasteiger partial charge in [0.1, 0.15) is 0 Å². The highest BCUT2D eigenvalue weighted by Crippen LogP contribution is 2.15. The first-order valence-electron chi connectivity index (χ1n) is 8.10. The molecule has 0 spiro atoms. The Kier molecular flexibility index (Phi) is 11.8. The summed E-state index contributed by atoms with van der Waals surface area (Å²) in [6, 6.07) is 10.0. The molecule has 0 radical (unpaired) electrons. The minimum absolute atomic E-state index is 0. The number of rotatable bonds is 8. The normalized spacial score (nSPS) is 12.0. The fourth-order valence-electron chi connectivity index (χ4n) is 2.31. The fourth-order valence-corrected chi connectivity index (χ4v) is 2.31. The third-order valence-electron chi connectivity index (χ3n) is 3.37. The predicted octanol–water partition coefficient (Wildman–Crippen LogP) is 3.59. The SMILES string of the molecule is CCNC(=NCCCN(C)CC(F)(F)F)N(C)Cc1ccccc1.I. The number of nitrogens with one attached hydrogen (secondary N) is 1. The molecule has 1 rings (SSSR count). The molecule has 1 N–H and O–H groups in total. The first-order chi connectivity index (χ1) is 11.3. The second-order valence-corrected chi connectivity index (χ2v) is 5.78. The summed E-state index contributed by atoms with van der Waals surface area (Å²) in [6.45, 7) is 3.43. The summed E-state index contributed by atoms with van der Waals surface area (Å²) in [6.07, 6.45) is -3.57. The molecule has 0 heterocycles. The van der Waals surface area contributed by atoms with Crippen LogP contribution in [0.3, 0.4) is 0 Å². The van der Waals surface area contributed by atoms with Gasteiger partial charge in [-0.2, -0.15) is 13.2 Å². The number of hydrogen-bond acceptors (Lipinski definition) is 2. The topological polar surface area (TPSA) is 30.9 Å². The minimum atomic E-state index is -4.15. The molecule has 0 atom stereocenters. The van der Waals surface area contributed by atoms with Crippen molar-refractivity contribution in [3.63, 3.8) is 0 Å². The van der Waals surface area contributed by atoms with Gasteiger partial charge >= 0.3 is 6.18 Å². The van der Waals surface area contributed by atoms with Crippen molar-refractivity contribution in [2.75, 3.05) is 40.3 Å². The Hall–Kier alpha value is -1.03. The van der Waals surface area contributed by atoms with E-state index in [2.05, 4.69) is 10.3 Å². The Balaban J connectivity index is 0.00000576. The van der Waals surface area contributed by atoms with Crippen molar-refractivity contribution in [3.8, 4) is 0 Å². The maximum absolute atomic E-state index is 12.3. The van der Waals surface area contributed by atoms with Gasteiger partial charge < -0.3 is 10.2 Å². The first kappa shape index (κ1) is 24.0. The van der Waals surface area contributed by atoms with E-state index in [1.165, 1.54) is 17.5 Å². The monoisotopic (exact) mass is 472 g/mol. The summed E-state index contributed by atoms with van der Waals surface area (Å²) in [5, 5.41) is 3.21. The smallest absolute Gasteiger partial charge is 0.357 e. The summed E-state index contributed by atoms with van der Waals surface area (Å²) in [4.78, 5) is 7.79. The van der Waals surface area contributed by atoms with Crippen molar-refractivity contribution in [1.29, 1.82) is 0 Å². The Labute approximate surface area is 165 Å². The molecule has 4 nitrogen and oxygen atoms in total. The Morgan fingerprint density at radius 1 is 1.16 bits per heavy atom. The number of nitrogens with zero attached hydrogens (tertiary/aromatic N) is 3. The quantitative estimate of drug-likeness (QED) is 0.272. The number of alkyl halides is 3. The van der Waals surface area contributed by atoms with Gasteiger partial charge in [-0.15, -0.1) is 24.0 Å². The van der Waals surface area contributed by atoms with Gasteiger partial charge in [0.05, 0.1) is 6.54 Å².